The third-order valence-corrected chi connectivity index (χ3v) is 2.91. The van der Waals surface area contributed by atoms with Crippen LogP contribution in [0.5, 0.6) is 5.75 Å². The zero-order valence-corrected chi connectivity index (χ0v) is 10.9. The quantitative estimate of drug-likeness (QED) is 0.673. The number of nitrogens with one attached hydrogen (secondary N) is 1. The van der Waals surface area contributed by atoms with Gasteiger partial charge in [-0.2, -0.15) is 0 Å². The molecule has 0 atom stereocenters. The van der Waals surface area contributed by atoms with Gasteiger partial charge < -0.3 is 10.2 Å². The van der Waals surface area contributed by atoms with E-state index in [9.17, 15) is 4.39 Å². The van der Waals surface area contributed by atoms with E-state index in [2.05, 4.69) is 26.3 Å². The lowest BCUT2D eigenvalue weighted by Crippen LogP contribution is -2.08. The third kappa shape index (κ3) is 3.18. The number of rotatable bonds is 4. The van der Waals surface area contributed by atoms with Gasteiger partial charge in [-0.25, -0.2) is 4.39 Å². The van der Waals surface area contributed by atoms with Gasteiger partial charge in [0.25, 0.3) is 0 Å². The van der Waals surface area contributed by atoms with Gasteiger partial charge in [0.05, 0.1) is 15.9 Å². The molecule has 1 heterocycles. The van der Waals surface area contributed by atoms with Crippen molar-refractivity contribution in [3.8, 4) is 5.75 Å². The second kappa shape index (κ2) is 5.79. The molecule has 0 radical (unpaired) electrons. The van der Waals surface area contributed by atoms with E-state index in [1.54, 1.807) is 24.4 Å². The lowest BCUT2D eigenvalue weighted by Gasteiger charge is -2.08. The van der Waals surface area contributed by atoms with Gasteiger partial charge in [0.15, 0.2) is 0 Å². The van der Waals surface area contributed by atoms with Crippen molar-refractivity contribution < 1.29 is 9.13 Å². The molecule has 0 unspecified atom stereocenters. The number of aromatic nitrogens is 1. The molecule has 0 aliphatic rings. The largest absolute Gasteiger partial charge is 0.486 e. The molecule has 3 N–H and O–H groups in total. The highest BCUT2D eigenvalue weighted by Crippen LogP contribution is 2.26. The summed E-state index contributed by atoms with van der Waals surface area (Å²) in [6.45, 7) is 0.234. The van der Waals surface area contributed by atoms with Crippen molar-refractivity contribution in [3.63, 3.8) is 0 Å². The molecule has 18 heavy (non-hydrogen) atoms. The number of benzene rings is 1. The summed E-state index contributed by atoms with van der Waals surface area (Å²) in [5.41, 5.74) is 3.96. The molecule has 0 bridgehead atoms. The minimum Gasteiger partial charge on any atom is -0.486 e. The van der Waals surface area contributed by atoms with Crippen LogP contribution in [0.2, 0.25) is 0 Å². The number of anilines is 1. The van der Waals surface area contributed by atoms with Crippen LogP contribution in [0, 0.1) is 5.82 Å². The van der Waals surface area contributed by atoms with Crippen molar-refractivity contribution in [2.24, 2.45) is 5.84 Å². The van der Waals surface area contributed by atoms with Crippen LogP contribution in [-0.2, 0) is 6.61 Å². The number of hydrogen-bond acceptors (Lipinski definition) is 4. The summed E-state index contributed by atoms with van der Waals surface area (Å²) in [4.78, 5) is 4.12. The van der Waals surface area contributed by atoms with Crippen molar-refractivity contribution in [1.29, 1.82) is 0 Å². The van der Waals surface area contributed by atoms with E-state index in [4.69, 9.17) is 10.6 Å². The van der Waals surface area contributed by atoms with E-state index in [0.29, 0.717) is 15.9 Å². The number of hydrazine groups is 1. The Balaban J connectivity index is 2.08. The van der Waals surface area contributed by atoms with E-state index in [1.807, 2.05) is 0 Å². The predicted octanol–water partition coefficient (Wildman–Crippen LogP) is 2.85. The van der Waals surface area contributed by atoms with Crippen LogP contribution >= 0.6 is 15.9 Å². The fourth-order valence-electron chi connectivity index (χ4n) is 1.39. The van der Waals surface area contributed by atoms with E-state index in [0.717, 1.165) is 5.69 Å². The highest BCUT2D eigenvalue weighted by atomic mass is 79.9. The maximum Gasteiger partial charge on any atom is 0.136 e. The monoisotopic (exact) mass is 311 g/mol. The first-order valence-corrected chi connectivity index (χ1v) is 5.98. The number of pyridine rings is 1. The van der Waals surface area contributed by atoms with Gasteiger partial charge >= 0.3 is 0 Å². The van der Waals surface area contributed by atoms with Gasteiger partial charge in [0, 0.05) is 12.3 Å². The second-order valence-corrected chi connectivity index (χ2v) is 4.40. The molecule has 1 aromatic heterocycles. The molecule has 0 saturated heterocycles. The summed E-state index contributed by atoms with van der Waals surface area (Å²) >= 11 is 3.29. The minimum atomic E-state index is -0.349. The van der Waals surface area contributed by atoms with Crippen molar-refractivity contribution in [2.75, 3.05) is 5.43 Å². The molecule has 2 aromatic rings. The molecule has 0 aliphatic carbocycles. The maximum absolute atomic E-state index is 13.0. The molecule has 94 valence electrons. The first-order valence-electron chi connectivity index (χ1n) is 5.18. The van der Waals surface area contributed by atoms with Crippen LogP contribution in [0.4, 0.5) is 10.1 Å². The van der Waals surface area contributed by atoms with Crippen LogP contribution in [0.25, 0.3) is 0 Å². The Morgan fingerprint density at radius 3 is 2.94 bits per heavy atom. The topological polar surface area (TPSA) is 60.2 Å². The van der Waals surface area contributed by atoms with Crippen LogP contribution in [0.1, 0.15) is 5.69 Å². The fourth-order valence-corrected chi connectivity index (χ4v) is 1.75. The molecular weight excluding hydrogens is 301 g/mol. The van der Waals surface area contributed by atoms with Gasteiger partial charge in [0.1, 0.15) is 18.2 Å². The average molecular weight is 312 g/mol. The minimum absolute atomic E-state index is 0.234. The Labute approximate surface area is 112 Å². The lowest BCUT2D eigenvalue weighted by molar-refractivity contribution is 0.298. The molecule has 6 heteroatoms. The Morgan fingerprint density at radius 2 is 2.17 bits per heavy atom. The Hall–Kier alpha value is -1.66. The molecule has 4 nitrogen and oxygen atoms in total. The second-order valence-electron chi connectivity index (χ2n) is 3.54. The van der Waals surface area contributed by atoms with Crippen LogP contribution in [0.3, 0.4) is 0 Å². The van der Waals surface area contributed by atoms with Crippen LogP contribution in [0.15, 0.2) is 41.0 Å². The maximum atomic E-state index is 13.0. The van der Waals surface area contributed by atoms with Crippen molar-refractivity contribution in [2.45, 2.75) is 6.61 Å². The molecule has 0 saturated carbocycles. The number of halogens is 2. The SMILES string of the molecule is NNc1ccnc(COc2cc(F)ccc2Br)c1. The van der Waals surface area contributed by atoms with E-state index in [-0.39, 0.29) is 12.4 Å². The molecule has 0 aliphatic heterocycles. The number of nitrogens with zero attached hydrogens (tertiary/aromatic N) is 1. The molecule has 1 aromatic carbocycles. The summed E-state index contributed by atoms with van der Waals surface area (Å²) in [6, 6.07) is 7.76. The summed E-state index contributed by atoms with van der Waals surface area (Å²) in [7, 11) is 0. The zero-order chi connectivity index (χ0) is 13.0. The Kier molecular flexibility index (Phi) is 4.11. The summed E-state index contributed by atoms with van der Waals surface area (Å²) in [5, 5.41) is 0. The zero-order valence-electron chi connectivity index (χ0n) is 9.36. The molecule has 2 rings (SSSR count). The van der Waals surface area contributed by atoms with Gasteiger partial charge in [-0.1, -0.05) is 0 Å². The Morgan fingerprint density at radius 1 is 1.33 bits per heavy atom. The van der Waals surface area contributed by atoms with Gasteiger partial charge in [-0.05, 0) is 40.2 Å². The smallest absolute Gasteiger partial charge is 0.136 e. The number of ether oxygens (including phenoxy) is 1. The first-order chi connectivity index (χ1) is 8.69. The number of hydrogen-bond donors (Lipinski definition) is 2. The van der Waals surface area contributed by atoms with Crippen molar-refractivity contribution >= 4 is 21.6 Å². The fraction of sp³-hybridized carbons (Fsp3) is 0.0833. The van der Waals surface area contributed by atoms with E-state index < -0.39 is 0 Å². The molecular formula is C12H11BrFN3O. The predicted molar refractivity (Wildman–Crippen MR) is 70.5 cm³/mol. The van der Waals surface area contributed by atoms with E-state index in [1.165, 1.54) is 12.1 Å². The van der Waals surface area contributed by atoms with Crippen molar-refractivity contribution in [1.82, 2.24) is 4.98 Å². The molecule has 0 fully saturated rings. The highest BCUT2D eigenvalue weighted by molar-refractivity contribution is 9.10. The summed E-state index contributed by atoms with van der Waals surface area (Å²) in [6.07, 6.45) is 1.62. The Bertz CT molecular complexity index is 551. The average Bonchev–Trinajstić information content (AvgIpc) is 2.40. The van der Waals surface area contributed by atoms with Gasteiger partial charge in [0.2, 0.25) is 0 Å². The first kappa shape index (κ1) is 12.8. The van der Waals surface area contributed by atoms with Gasteiger partial charge in [-0.3, -0.25) is 10.8 Å². The van der Waals surface area contributed by atoms with Crippen LogP contribution < -0.4 is 16.0 Å². The molecule has 0 amide bonds. The van der Waals surface area contributed by atoms with Gasteiger partial charge in [-0.15, -0.1) is 0 Å². The highest BCUT2D eigenvalue weighted by Gasteiger charge is 2.04. The standard InChI is InChI=1S/C12H11BrFN3O/c13-11-2-1-8(14)5-12(11)18-7-10-6-9(17-15)3-4-16-10/h1-6H,7,15H2,(H,16,17). The number of nitrogens with two attached hydrogens (primary N) is 1. The summed E-state index contributed by atoms with van der Waals surface area (Å²) in [5.74, 6) is 5.38. The lowest BCUT2D eigenvalue weighted by atomic mass is 10.3. The molecule has 0 spiro atoms. The normalized spacial score (nSPS) is 10.2. The van der Waals surface area contributed by atoms with Crippen molar-refractivity contribution in [3.05, 3.63) is 52.5 Å². The van der Waals surface area contributed by atoms with E-state index >= 15 is 0 Å². The third-order valence-electron chi connectivity index (χ3n) is 2.25. The number of nitrogen functional groups attached to an aromatic ring is 1. The van der Waals surface area contributed by atoms with Crippen LogP contribution in [-0.4, -0.2) is 4.98 Å². The summed E-state index contributed by atoms with van der Waals surface area (Å²) < 4.78 is 19.2.